The minimum Gasteiger partial charge on any atom is -0.354 e. The first kappa shape index (κ1) is 18.7. The quantitative estimate of drug-likeness (QED) is 0.683. The highest BCUT2D eigenvalue weighted by Gasteiger charge is 2.22. The number of benzene rings is 2. The van der Waals surface area contributed by atoms with Gasteiger partial charge in [-0.05, 0) is 43.6 Å². The Morgan fingerprint density at radius 3 is 2.57 bits per heavy atom. The maximum atomic E-state index is 12.5. The van der Waals surface area contributed by atoms with Gasteiger partial charge in [0.25, 0.3) is 0 Å². The summed E-state index contributed by atoms with van der Waals surface area (Å²) in [5.74, 6) is 0.0933. The topological polar surface area (TPSA) is 50.2 Å². The van der Waals surface area contributed by atoms with Crippen LogP contribution in [0.3, 0.4) is 0 Å². The van der Waals surface area contributed by atoms with Crippen LogP contribution >= 0.6 is 0 Å². The molecule has 1 unspecified atom stereocenters. The van der Waals surface area contributed by atoms with E-state index in [2.05, 4.69) is 39.5 Å². The van der Waals surface area contributed by atoms with Gasteiger partial charge in [0.1, 0.15) is 0 Å². The fourth-order valence-electron chi connectivity index (χ4n) is 4.07. The summed E-state index contributed by atoms with van der Waals surface area (Å²) in [5.41, 5.74) is 3.33. The zero-order valence-corrected chi connectivity index (χ0v) is 16.3. The van der Waals surface area contributed by atoms with Gasteiger partial charge >= 0.3 is 0 Å². The molecule has 1 aromatic heterocycles. The molecule has 0 spiro atoms. The molecule has 1 aliphatic heterocycles. The SMILES string of the molecule is O=C(CCn1cnc2ccccc21)NCC(c1ccccc1)N1CCCCC1. The highest BCUT2D eigenvalue weighted by molar-refractivity contribution is 5.77. The highest BCUT2D eigenvalue weighted by Crippen LogP contribution is 2.24. The molecule has 0 aliphatic carbocycles. The van der Waals surface area contributed by atoms with E-state index in [9.17, 15) is 4.79 Å². The van der Waals surface area contributed by atoms with Crippen LogP contribution in [0.5, 0.6) is 0 Å². The summed E-state index contributed by atoms with van der Waals surface area (Å²) in [4.78, 5) is 19.4. The fraction of sp³-hybridized carbons (Fsp3) is 0.391. The third-order valence-electron chi connectivity index (χ3n) is 5.62. The molecule has 146 valence electrons. The number of likely N-dealkylation sites (tertiary alicyclic amines) is 1. The minimum absolute atomic E-state index is 0.0933. The van der Waals surface area contributed by atoms with Crippen molar-refractivity contribution in [3.05, 3.63) is 66.5 Å². The van der Waals surface area contributed by atoms with E-state index in [1.54, 1.807) is 0 Å². The van der Waals surface area contributed by atoms with E-state index in [-0.39, 0.29) is 11.9 Å². The van der Waals surface area contributed by atoms with Gasteiger partial charge < -0.3 is 9.88 Å². The van der Waals surface area contributed by atoms with Crippen LogP contribution in [-0.2, 0) is 11.3 Å². The Hall–Kier alpha value is -2.66. The molecule has 1 N–H and O–H groups in total. The molecule has 1 atom stereocenters. The predicted octanol–water partition coefficient (Wildman–Crippen LogP) is 3.77. The van der Waals surface area contributed by atoms with Gasteiger partial charge in [0.2, 0.25) is 5.91 Å². The molecular weight excluding hydrogens is 348 g/mol. The van der Waals surface area contributed by atoms with Gasteiger partial charge in [-0.15, -0.1) is 0 Å². The number of carbonyl (C=O) groups is 1. The Balaban J connectivity index is 1.36. The van der Waals surface area contributed by atoms with Gasteiger partial charge in [-0.2, -0.15) is 0 Å². The van der Waals surface area contributed by atoms with Crippen molar-refractivity contribution in [1.82, 2.24) is 19.8 Å². The van der Waals surface area contributed by atoms with Gasteiger partial charge in [-0.25, -0.2) is 4.98 Å². The number of nitrogens with one attached hydrogen (secondary N) is 1. The monoisotopic (exact) mass is 376 g/mol. The van der Waals surface area contributed by atoms with E-state index in [0.29, 0.717) is 19.5 Å². The molecule has 4 rings (SSSR count). The number of piperidine rings is 1. The van der Waals surface area contributed by atoms with Crippen molar-refractivity contribution in [1.29, 1.82) is 0 Å². The Bertz CT molecular complexity index is 899. The summed E-state index contributed by atoms with van der Waals surface area (Å²) in [6.07, 6.45) is 6.07. The Morgan fingerprint density at radius 1 is 1.00 bits per heavy atom. The summed E-state index contributed by atoms with van der Waals surface area (Å²) in [7, 11) is 0. The molecular formula is C23H28N4O. The minimum atomic E-state index is 0.0933. The standard InChI is InChI=1S/C23H28N4O/c28-23(13-16-27-18-25-20-11-5-6-12-21(20)27)24-17-22(19-9-3-1-4-10-19)26-14-7-2-8-15-26/h1,3-6,9-12,18,22H,2,7-8,13-17H2,(H,24,28). The lowest BCUT2D eigenvalue weighted by Gasteiger charge is -2.35. The van der Waals surface area contributed by atoms with Crippen molar-refractivity contribution in [2.75, 3.05) is 19.6 Å². The molecule has 0 radical (unpaired) electrons. The molecule has 2 heterocycles. The molecule has 2 aromatic carbocycles. The third kappa shape index (κ3) is 4.42. The van der Waals surface area contributed by atoms with Gasteiger partial charge in [0.05, 0.1) is 23.4 Å². The zero-order chi connectivity index (χ0) is 19.2. The number of aryl methyl sites for hydroxylation is 1. The normalized spacial score (nSPS) is 16.1. The number of carbonyl (C=O) groups excluding carboxylic acids is 1. The number of imidazole rings is 1. The van der Waals surface area contributed by atoms with Crippen molar-refractivity contribution in [2.24, 2.45) is 0 Å². The van der Waals surface area contributed by atoms with Gasteiger partial charge in [-0.1, -0.05) is 48.9 Å². The summed E-state index contributed by atoms with van der Waals surface area (Å²) >= 11 is 0. The van der Waals surface area contributed by atoms with Crippen LogP contribution in [0.2, 0.25) is 0 Å². The van der Waals surface area contributed by atoms with Gasteiger partial charge in [-0.3, -0.25) is 9.69 Å². The van der Waals surface area contributed by atoms with Crippen LogP contribution in [0.15, 0.2) is 60.9 Å². The van der Waals surface area contributed by atoms with E-state index < -0.39 is 0 Å². The van der Waals surface area contributed by atoms with Crippen LogP contribution < -0.4 is 5.32 Å². The van der Waals surface area contributed by atoms with Gasteiger partial charge in [0, 0.05) is 19.5 Å². The average molecular weight is 377 g/mol. The summed E-state index contributed by atoms with van der Waals surface area (Å²) in [6, 6.07) is 18.8. The first-order chi connectivity index (χ1) is 13.8. The maximum absolute atomic E-state index is 12.5. The van der Waals surface area contributed by atoms with Crippen LogP contribution in [0.1, 0.15) is 37.3 Å². The number of hydrogen-bond donors (Lipinski definition) is 1. The number of amides is 1. The second-order valence-corrected chi connectivity index (χ2v) is 7.50. The smallest absolute Gasteiger partial charge is 0.221 e. The molecule has 5 nitrogen and oxygen atoms in total. The first-order valence-electron chi connectivity index (χ1n) is 10.3. The van der Waals surface area contributed by atoms with E-state index in [1.165, 1.54) is 24.8 Å². The second kappa shape index (κ2) is 9.02. The number of para-hydroxylation sites is 2. The van der Waals surface area contributed by atoms with Crippen LogP contribution in [0, 0.1) is 0 Å². The van der Waals surface area contributed by atoms with E-state index in [4.69, 9.17) is 0 Å². The van der Waals surface area contributed by atoms with Crippen LogP contribution in [0.25, 0.3) is 11.0 Å². The highest BCUT2D eigenvalue weighted by atomic mass is 16.1. The number of fused-ring (bicyclic) bond motifs is 1. The van der Waals surface area contributed by atoms with E-state index >= 15 is 0 Å². The van der Waals surface area contributed by atoms with E-state index in [1.807, 2.05) is 41.2 Å². The zero-order valence-electron chi connectivity index (χ0n) is 16.3. The number of hydrogen-bond acceptors (Lipinski definition) is 3. The van der Waals surface area contributed by atoms with Crippen molar-refractivity contribution in [2.45, 2.75) is 38.3 Å². The van der Waals surface area contributed by atoms with Crippen LogP contribution in [-0.4, -0.2) is 40.0 Å². The molecule has 1 saturated heterocycles. The summed E-state index contributed by atoms with van der Waals surface area (Å²) < 4.78 is 2.05. The second-order valence-electron chi connectivity index (χ2n) is 7.50. The summed E-state index contributed by atoms with van der Waals surface area (Å²) in [5, 5.41) is 3.17. The number of nitrogens with zero attached hydrogens (tertiary/aromatic N) is 3. The summed E-state index contributed by atoms with van der Waals surface area (Å²) in [6.45, 7) is 3.52. The molecule has 1 fully saturated rings. The molecule has 5 heteroatoms. The lowest BCUT2D eigenvalue weighted by Crippen LogP contribution is -2.40. The molecule has 1 amide bonds. The van der Waals surface area contributed by atoms with Crippen molar-refractivity contribution < 1.29 is 4.79 Å². The van der Waals surface area contributed by atoms with Gasteiger partial charge in [0.15, 0.2) is 0 Å². The molecule has 0 saturated carbocycles. The third-order valence-corrected chi connectivity index (χ3v) is 5.62. The lowest BCUT2D eigenvalue weighted by atomic mass is 10.0. The predicted molar refractivity (Wildman–Crippen MR) is 112 cm³/mol. The molecule has 28 heavy (non-hydrogen) atoms. The number of aromatic nitrogens is 2. The molecule has 3 aromatic rings. The van der Waals surface area contributed by atoms with Crippen molar-refractivity contribution in [3.63, 3.8) is 0 Å². The fourth-order valence-corrected chi connectivity index (χ4v) is 4.07. The molecule has 0 bridgehead atoms. The number of rotatable bonds is 7. The van der Waals surface area contributed by atoms with Crippen LogP contribution in [0.4, 0.5) is 0 Å². The Labute approximate surface area is 166 Å². The largest absolute Gasteiger partial charge is 0.354 e. The first-order valence-corrected chi connectivity index (χ1v) is 10.3. The lowest BCUT2D eigenvalue weighted by molar-refractivity contribution is -0.121. The van der Waals surface area contributed by atoms with Crippen molar-refractivity contribution in [3.8, 4) is 0 Å². The van der Waals surface area contributed by atoms with Crippen molar-refractivity contribution >= 4 is 16.9 Å². The maximum Gasteiger partial charge on any atom is 0.221 e. The average Bonchev–Trinajstić information content (AvgIpc) is 3.17. The van der Waals surface area contributed by atoms with E-state index in [0.717, 1.165) is 24.1 Å². The Kier molecular flexibility index (Phi) is 6.02. The Morgan fingerprint density at radius 2 is 1.75 bits per heavy atom. The molecule has 1 aliphatic rings.